The normalized spacial score (nSPS) is 16.4. The molecule has 4 aromatic rings. The van der Waals surface area contributed by atoms with Crippen molar-refractivity contribution in [3.63, 3.8) is 0 Å². The molecule has 0 atom stereocenters. The van der Waals surface area contributed by atoms with Gasteiger partial charge in [0.15, 0.2) is 0 Å². The van der Waals surface area contributed by atoms with Crippen LogP contribution in [0.2, 0.25) is 10.0 Å². The van der Waals surface area contributed by atoms with Gasteiger partial charge in [-0.3, -0.25) is 9.59 Å². The molecule has 45 heavy (non-hydrogen) atoms. The third kappa shape index (κ3) is 6.59. The lowest BCUT2D eigenvalue weighted by Crippen LogP contribution is -2.21. The number of halogens is 2. The minimum Gasteiger partial charge on any atom is -0.457 e. The fraction of sp³-hybridized carbons (Fsp3) is 0.0588. The number of hydrogen-bond donors (Lipinski definition) is 2. The SMILES string of the molecule is CC1=NN(c2cccc(Cl)c2)C(=O)/C1=C/Nc1ccc(Oc2ccc(N/C=C3/C(=O)N(c4cccc(Cl)c4)N=C3C)cc2)cc1. The number of ether oxygens (including phenoxy) is 1. The molecule has 2 heterocycles. The molecule has 0 fully saturated rings. The number of rotatable bonds is 8. The number of benzene rings is 4. The van der Waals surface area contributed by atoms with Gasteiger partial charge in [0.2, 0.25) is 0 Å². The highest BCUT2D eigenvalue weighted by Gasteiger charge is 2.30. The molecule has 0 saturated carbocycles. The molecule has 6 rings (SSSR count). The van der Waals surface area contributed by atoms with Gasteiger partial charge in [-0.25, -0.2) is 0 Å². The van der Waals surface area contributed by atoms with E-state index in [0.717, 1.165) is 11.4 Å². The Morgan fingerprint density at radius 2 is 1.02 bits per heavy atom. The fourth-order valence-corrected chi connectivity index (χ4v) is 4.99. The average Bonchev–Trinajstić information content (AvgIpc) is 3.49. The monoisotopic (exact) mass is 636 g/mol. The largest absolute Gasteiger partial charge is 0.457 e. The summed E-state index contributed by atoms with van der Waals surface area (Å²) in [7, 11) is 0. The van der Waals surface area contributed by atoms with Crippen LogP contribution in [0.4, 0.5) is 22.7 Å². The van der Waals surface area contributed by atoms with Crippen LogP contribution in [0.25, 0.3) is 0 Å². The lowest BCUT2D eigenvalue weighted by Gasteiger charge is -2.12. The zero-order valence-electron chi connectivity index (χ0n) is 24.2. The molecule has 0 spiro atoms. The highest BCUT2D eigenvalue weighted by molar-refractivity contribution is 6.33. The summed E-state index contributed by atoms with van der Waals surface area (Å²) >= 11 is 12.2. The topological polar surface area (TPSA) is 98.6 Å². The Kier molecular flexibility index (Phi) is 8.37. The molecule has 0 bridgehead atoms. The van der Waals surface area contributed by atoms with Crippen LogP contribution in [-0.2, 0) is 9.59 Å². The zero-order valence-corrected chi connectivity index (χ0v) is 25.7. The van der Waals surface area contributed by atoms with Crippen LogP contribution in [0.5, 0.6) is 11.5 Å². The van der Waals surface area contributed by atoms with E-state index in [9.17, 15) is 9.59 Å². The quantitative estimate of drug-likeness (QED) is 0.190. The molecular formula is C34H26Cl2N6O3. The second-order valence-corrected chi connectivity index (χ2v) is 11.0. The van der Waals surface area contributed by atoms with Gasteiger partial charge in [0.25, 0.3) is 11.8 Å². The predicted octanol–water partition coefficient (Wildman–Crippen LogP) is 8.22. The van der Waals surface area contributed by atoms with Crippen molar-refractivity contribution in [1.29, 1.82) is 0 Å². The van der Waals surface area contributed by atoms with Gasteiger partial charge >= 0.3 is 0 Å². The number of nitrogens with zero attached hydrogens (tertiary/aromatic N) is 4. The third-order valence-electron chi connectivity index (χ3n) is 6.94. The number of hydrogen-bond acceptors (Lipinski definition) is 7. The fourth-order valence-electron chi connectivity index (χ4n) is 4.62. The number of carbonyl (C=O) groups excluding carboxylic acids is 2. The number of amides is 2. The molecule has 2 N–H and O–H groups in total. The molecule has 2 aliphatic rings. The van der Waals surface area contributed by atoms with Gasteiger partial charge < -0.3 is 15.4 Å². The Balaban J connectivity index is 1.04. The van der Waals surface area contributed by atoms with Gasteiger partial charge in [-0.05, 0) is 98.8 Å². The predicted molar refractivity (Wildman–Crippen MR) is 180 cm³/mol. The average molecular weight is 638 g/mol. The molecule has 2 aliphatic heterocycles. The summed E-state index contributed by atoms with van der Waals surface area (Å²) in [6, 6.07) is 28.7. The summed E-state index contributed by atoms with van der Waals surface area (Å²) in [5, 5.41) is 18.8. The molecule has 0 radical (unpaired) electrons. The van der Waals surface area contributed by atoms with Crippen molar-refractivity contribution in [3.05, 3.63) is 131 Å². The minimum atomic E-state index is -0.242. The molecule has 11 heteroatoms. The van der Waals surface area contributed by atoms with Crippen molar-refractivity contribution in [1.82, 2.24) is 0 Å². The van der Waals surface area contributed by atoms with Crippen molar-refractivity contribution in [2.45, 2.75) is 13.8 Å². The van der Waals surface area contributed by atoms with Gasteiger partial charge in [0, 0.05) is 33.8 Å². The van der Waals surface area contributed by atoms with Gasteiger partial charge in [0.1, 0.15) is 11.5 Å². The van der Waals surface area contributed by atoms with E-state index in [1.54, 1.807) is 74.8 Å². The Morgan fingerprint density at radius 3 is 1.40 bits per heavy atom. The lowest BCUT2D eigenvalue weighted by molar-refractivity contribution is -0.115. The smallest absolute Gasteiger partial charge is 0.282 e. The third-order valence-corrected chi connectivity index (χ3v) is 7.41. The maximum Gasteiger partial charge on any atom is 0.282 e. The van der Waals surface area contributed by atoms with Gasteiger partial charge in [0.05, 0.1) is 33.9 Å². The maximum atomic E-state index is 12.9. The standard InChI is InChI=1S/C34H26Cl2N6O3/c1-21-31(33(43)41(39-21)27-7-3-5-23(35)17-27)19-37-25-9-13-29(14-10-25)45-30-15-11-26(12-16-30)38-20-32-22(2)40-42(34(32)44)28-8-4-6-24(36)18-28/h3-20,37-38H,1-2H3/b31-19+,32-20+. The second kappa shape index (κ2) is 12.7. The van der Waals surface area contributed by atoms with Crippen LogP contribution in [0.15, 0.2) is 131 Å². The van der Waals surface area contributed by atoms with Crippen LogP contribution in [-0.4, -0.2) is 23.2 Å². The van der Waals surface area contributed by atoms with Gasteiger partial charge in [-0.1, -0.05) is 35.3 Å². The summed E-state index contributed by atoms with van der Waals surface area (Å²) in [5.41, 5.74) is 4.87. The van der Waals surface area contributed by atoms with E-state index in [1.807, 2.05) is 48.5 Å². The Morgan fingerprint density at radius 1 is 0.622 bits per heavy atom. The van der Waals surface area contributed by atoms with Crippen LogP contribution in [0, 0.1) is 0 Å². The summed E-state index contributed by atoms with van der Waals surface area (Å²) in [5.74, 6) is 0.799. The molecule has 4 aromatic carbocycles. The molecule has 0 aliphatic carbocycles. The summed E-state index contributed by atoms with van der Waals surface area (Å²) < 4.78 is 5.99. The van der Waals surface area contributed by atoms with E-state index in [2.05, 4.69) is 20.8 Å². The Bertz CT molecular complexity index is 1780. The van der Waals surface area contributed by atoms with E-state index in [-0.39, 0.29) is 11.8 Å². The minimum absolute atomic E-state index is 0.242. The first kappa shape index (κ1) is 29.7. The number of carbonyl (C=O) groups is 2. The van der Waals surface area contributed by atoms with Crippen molar-refractivity contribution in [3.8, 4) is 11.5 Å². The molecule has 9 nitrogen and oxygen atoms in total. The summed E-state index contributed by atoms with van der Waals surface area (Å²) in [6.45, 7) is 3.56. The Labute approximate surface area is 269 Å². The van der Waals surface area contributed by atoms with Crippen molar-refractivity contribution in [2.75, 3.05) is 20.7 Å². The molecule has 0 unspecified atom stereocenters. The van der Waals surface area contributed by atoms with Crippen molar-refractivity contribution >= 4 is 69.2 Å². The molecule has 224 valence electrons. The van der Waals surface area contributed by atoms with Gasteiger partial charge in [-0.15, -0.1) is 0 Å². The highest BCUT2D eigenvalue weighted by Crippen LogP contribution is 2.29. The van der Waals surface area contributed by atoms with E-state index < -0.39 is 0 Å². The zero-order chi connectivity index (χ0) is 31.5. The van der Waals surface area contributed by atoms with E-state index in [1.165, 1.54) is 10.0 Å². The van der Waals surface area contributed by atoms with E-state index in [4.69, 9.17) is 27.9 Å². The van der Waals surface area contributed by atoms with Gasteiger partial charge in [-0.2, -0.15) is 20.2 Å². The van der Waals surface area contributed by atoms with Crippen molar-refractivity contribution < 1.29 is 14.3 Å². The molecule has 0 aromatic heterocycles. The first-order chi connectivity index (χ1) is 21.7. The summed E-state index contributed by atoms with van der Waals surface area (Å²) in [4.78, 5) is 25.9. The molecular weight excluding hydrogens is 611 g/mol. The van der Waals surface area contributed by atoms with Crippen LogP contribution >= 0.6 is 23.2 Å². The molecule has 0 saturated heterocycles. The van der Waals surface area contributed by atoms with Crippen LogP contribution in [0.1, 0.15) is 13.8 Å². The summed E-state index contributed by atoms with van der Waals surface area (Å²) in [6.07, 6.45) is 3.29. The van der Waals surface area contributed by atoms with Crippen LogP contribution < -0.4 is 25.4 Å². The second-order valence-electron chi connectivity index (χ2n) is 10.1. The maximum absolute atomic E-state index is 12.9. The first-order valence-corrected chi connectivity index (χ1v) is 14.6. The number of nitrogens with one attached hydrogen (secondary N) is 2. The first-order valence-electron chi connectivity index (χ1n) is 13.9. The van der Waals surface area contributed by atoms with Crippen LogP contribution in [0.3, 0.4) is 0 Å². The lowest BCUT2D eigenvalue weighted by atomic mass is 10.2. The number of anilines is 4. The van der Waals surface area contributed by atoms with E-state index in [0.29, 0.717) is 55.5 Å². The highest BCUT2D eigenvalue weighted by atomic mass is 35.5. The van der Waals surface area contributed by atoms with Crippen molar-refractivity contribution in [2.24, 2.45) is 10.2 Å². The Hall–Kier alpha value is -5.38. The van der Waals surface area contributed by atoms with E-state index >= 15 is 0 Å². The number of hydrazone groups is 2. The molecule has 2 amide bonds.